The van der Waals surface area contributed by atoms with Gasteiger partial charge in [-0.2, -0.15) is 0 Å². The van der Waals surface area contributed by atoms with Gasteiger partial charge in [-0.05, 0) is 38.5 Å². The van der Waals surface area contributed by atoms with Crippen LogP contribution >= 0.6 is 11.6 Å². The van der Waals surface area contributed by atoms with Crippen molar-refractivity contribution in [3.05, 3.63) is 23.2 Å². The molecular formula is C15H23ClN2O4S. The molecule has 0 saturated carbocycles. The van der Waals surface area contributed by atoms with Gasteiger partial charge in [0.05, 0.1) is 19.1 Å². The SMILES string of the molecule is CCC(C)(C)NC(=O)CN(c1cc(Cl)ccc1OC)S(C)(=O)=O. The number of ether oxygens (including phenoxy) is 1. The zero-order valence-corrected chi connectivity index (χ0v) is 15.6. The molecule has 0 aliphatic carbocycles. The zero-order valence-electron chi connectivity index (χ0n) is 14.0. The van der Waals surface area contributed by atoms with Gasteiger partial charge >= 0.3 is 0 Å². The fourth-order valence-electron chi connectivity index (χ4n) is 1.87. The summed E-state index contributed by atoms with van der Waals surface area (Å²) < 4.78 is 30.4. The second-order valence-corrected chi connectivity index (χ2v) is 8.21. The monoisotopic (exact) mass is 362 g/mol. The molecule has 0 aliphatic rings. The normalized spacial score (nSPS) is 11.9. The number of nitrogens with one attached hydrogen (secondary N) is 1. The van der Waals surface area contributed by atoms with E-state index in [1.165, 1.54) is 13.2 Å². The molecule has 1 rings (SSSR count). The first-order chi connectivity index (χ1) is 10.5. The van der Waals surface area contributed by atoms with E-state index in [1.807, 2.05) is 20.8 Å². The number of methoxy groups -OCH3 is 1. The van der Waals surface area contributed by atoms with Gasteiger partial charge in [0.1, 0.15) is 12.3 Å². The minimum Gasteiger partial charge on any atom is -0.495 e. The molecule has 0 unspecified atom stereocenters. The molecule has 0 spiro atoms. The van der Waals surface area contributed by atoms with Crippen LogP contribution in [0.2, 0.25) is 5.02 Å². The number of sulfonamides is 1. The predicted molar refractivity (Wildman–Crippen MR) is 92.7 cm³/mol. The Bertz CT molecular complexity index is 674. The van der Waals surface area contributed by atoms with Crippen LogP contribution in [0.3, 0.4) is 0 Å². The van der Waals surface area contributed by atoms with Crippen molar-refractivity contribution in [1.82, 2.24) is 5.32 Å². The molecule has 6 nitrogen and oxygen atoms in total. The predicted octanol–water partition coefficient (Wildman–Crippen LogP) is 2.42. The Labute approximate surface area is 142 Å². The highest BCUT2D eigenvalue weighted by atomic mass is 35.5. The highest BCUT2D eigenvalue weighted by molar-refractivity contribution is 7.92. The maximum Gasteiger partial charge on any atom is 0.241 e. The van der Waals surface area contributed by atoms with E-state index in [9.17, 15) is 13.2 Å². The molecule has 0 atom stereocenters. The molecule has 130 valence electrons. The number of carbonyl (C=O) groups excluding carboxylic acids is 1. The number of halogens is 1. The van der Waals surface area contributed by atoms with Crippen LogP contribution in [0.1, 0.15) is 27.2 Å². The van der Waals surface area contributed by atoms with Crippen LogP contribution in [0.4, 0.5) is 5.69 Å². The Morgan fingerprint density at radius 3 is 2.48 bits per heavy atom. The molecular weight excluding hydrogens is 340 g/mol. The third-order valence-electron chi connectivity index (χ3n) is 3.46. The summed E-state index contributed by atoms with van der Waals surface area (Å²) in [6.45, 7) is 5.33. The zero-order chi connectivity index (χ0) is 17.8. The lowest BCUT2D eigenvalue weighted by molar-refractivity contribution is -0.121. The summed E-state index contributed by atoms with van der Waals surface area (Å²) >= 11 is 5.96. The Kier molecular flexibility index (Phi) is 6.30. The summed E-state index contributed by atoms with van der Waals surface area (Å²) in [5, 5.41) is 3.16. The molecule has 1 N–H and O–H groups in total. The number of nitrogens with zero attached hydrogens (tertiary/aromatic N) is 1. The van der Waals surface area contributed by atoms with Crippen molar-refractivity contribution in [1.29, 1.82) is 0 Å². The molecule has 23 heavy (non-hydrogen) atoms. The number of amides is 1. The van der Waals surface area contributed by atoms with Gasteiger partial charge in [0.2, 0.25) is 15.9 Å². The van der Waals surface area contributed by atoms with Crippen molar-refractivity contribution in [2.75, 3.05) is 24.2 Å². The Morgan fingerprint density at radius 1 is 1.39 bits per heavy atom. The maximum absolute atomic E-state index is 12.2. The van der Waals surface area contributed by atoms with Crippen molar-refractivity contribution in [2.24, 2.45) is 0 Å². The number of benzene rings is 1. The second kappa shape index (κ2) is 7.40. The first-order valence-electron chi connectivity index (χ1n) is 7.12. The lowest BCUT2D eigenvalue weighted by Crippen LogP contribution is -2.48. The van der Waals surface area contributed by atoms with Crippen LogP contribution in [-0.4, -0.2) is 39.8 Å². The molecule has 8 heteroatoms. The van der Waals surface area contributed by atoms with Crippen LogP contribution in [-0.2, 0) is 14.8 Å². The van der Waals surface area contributed by atoms with Crippen LogP contribution in [0.25, 0.3) is 0 Å². The van der Waals surface area contributed by atoms with Gasteiger partial charge in [0, 0.05) is 10.6 Å². The first kappa shape index (κ1) is 19.6. The Hall–Kier alpha value is -1.47. The maximum atomic E-state index is 12.2. The van der Waals surface area contributed by atoms with Crippen LogP contribution < -0.4 is 14.4 Å². The van der Waals surface area contributed by atoms with Gasteiger partial charge in [-0.1, -0.05) is 18.5 Å². The first-order valence-corrected chi connectivity index (χ1v) is 9.35. The number of anilines is 1. The number of hydrogen-bond donors (Lipinski definition) is 1. The minimum atomic E-state index is -3.69. The van der Waals surface area contributed by atoms with Crippen molar-refractivity contribution < 1.29 is 17.9 Å². The van der Waals surface area contributed by atoms with Gasteiger partial charge in [-0.25, -0.2) is 8.42 Å². The number of hydrogen-bond acceptors (Lipinski definition) is 4. The Morgan fingerprint density at radius 2 is 2.00 bits per heavy atom. The topological polar surface area (TPSA) is 75.7 Å². The molecule has 0 radical (unpaired) electrons. The van der Waals surface area contributed by atoms with E-state index in [1.54, 1.807) is 12.1 Å². The number of carbonyl (C=O) groups is 1. The third kappa shape index (κ3) is 5.58. The molecule has 1 amide bonds. The van der Waals surface area contributed by atoms with E-state index < -0.39 is 21.5 Å². The van der Waals surface area contributed by atoms with Gasteiger partial charge in [0.15, 0.2) is 0 Å². The summed E-state index contributed by atoms with van der Waals surface area (Å²) in [6, 6.07) is 4.61. The summed E-state index contributed by atoms with van der Waals surface area (Å²) in [5.41, 5.74) is -0.189. The lowest BCUT2D eigenvalue weighted by atomic mass is 10.0. The molecule has 1 aromatic rings. The molecule has 0 aliphatic heterocycles. The number of rotatable bonds is 7. The quantitative estimate of drug-likeness (QED) is 0.808. The van der Waals surface area contributed by atoms with E-state index in [0.717, 1.165) is 17.0 Å². The van der Waals surface area contributed by atoms with Gasteiger partial charge in [0.25, 0.3) is 0 Å². The second-order valence-electron chi connectivity index (χ2n) is 5.87. The van der Waals surface area contributed by atoms with Crippen molar-refractivity contribution in [3.8, 4) is 5.75 Å². The fourth-order valence-corrected chi connectivity index (χ4v) is 2.89. The fraction of sp³-hybridized carbons (Fsp3) is 0.533. The largest absolute Gasteiger partial charge is 0.495 e. The summed E-state index contributed by atoms with van der Waals surface area (Å²) in [5.74, 6) is -0.0771. The Balaban J connectivity index is 3.18. The molecule has 0 fully saturated rings. The van der Waals surface area contributed by atoms with Crippen molar-refractivity contribution in [3.63, 3.8) is 0 Å². The average Bonchev–Trinajstić information content (AvgIpc) is 2.43. The van der Waals surface area contributed by atoms with Gasteiger partial charge in [-0.3, -0.25) is 9.10 Å². The highest BCUT2D eigenvalue weighted by Crippen LogP contribution is 2.32. The molecule has 1 aromatic carbocycles. The molecule has 0 heterocycles. The van der Waals surface area contributed by atoms with E-state index in [0.29, 0.717) is 10.8 Å². The summed E-state index contributed by atoms with van der Waals surface area (Å²) in [6.07, 6.45) is 1.75. The minimum absolute atomic E-state index is 0.229. The van der Waals surface area contributed by atoms with Crippen LogP contribution in [0.15, 0.2) is 18.2 Å². The lowest BCUT2D eigenvalue weighted by Gasteiger charge is -2.28. The molecule has 0 bridgehead atoms. The molecule has 0 saturated heterocycles. The van der Waals surface area contributed by atoms with Crippen LogP contribution in [0, 0.1) is 0 Å². The highest BCUT2D eigenvalue weighted by Gasteiger charge is 2.26. The smallest absolute Gasteiger partial charge is 0.241 e. The van der Waals surface area contributed by atoms with Gasteiger partial charge in [-0.15, -0.1) is 0 Å². The van der Waals surface area contributed by atoms with Crippen molar-refractivity contribution in [2.45, 2.75) is 32.7 Å². The van der Waals surface area contributed by atoms with E-state index >= 15 is 0 Å². The third-order valence-corrected chi connectivity index (χ3v) is 4.82. The summed E-state index contributed by atoms with van der Waals surface area (Å²) in [4.78, 5) is 12.2. The molecule has 0 aromatic heterocycles. The van der Waals surface area contributed by atoms with Crippen molar-refractivity contribution >= 4 is 33.2 Å². The van der Waals surface area contributed by atoms with E-state index in [4.69, 9.17) is 16.3 Å². The standard InChI is InChI=1S/C15H23ClN2O4S/c1-6-15(2,3)17-14(19)10-18(23(5,20)21)12-9-11(16)7-8-13(12)22-4/h7-9H,6,10H2,1-5H3,(H,17,19). The van der Waals surface area contributed by atoms with Crippen LogP contribution in [0.5, 0.6) is 5.75 Å². The summed E-state index contributed by atoms with van der Waals surface area (Å²) in [7, 11) is -2.27. The van der Waals surface area contributed by atoms with Gasteiger partial charge < -0.3 is 10.1 Å². The van der Waals surface area contributed by atoms with E-state index in [-0.39, 0.29) is 12.2 Å². The average molecular weight is 363 g/mol. The van der Waals surface area contributed by atoms with E-state index in [2.05, 4.69) is 5.32 Å².